The molecular weight excluding hydrogens is 240 g/mol. The summed E-state index contributed by atoms with van der Waals surface area (Å²) < 4.78 is 10.7. The molecule has 0 aliphatic rings. The van der Waals surface area contributed by atoms with Gasteiger partial charge in [0.1, 0.15) is 11.8 Å². The molecule has 0 saturated heterocycles. The second kappa shape index (κ2) is 5.23. The molecule has 0 saturated carbocycles. The summed E-state index contributed by atoms with van der Waals surface area (Å²) >= 11 is 0. The standard InChI is InChI=1S/C15H10N2O2/c1-2-5-12(6-3-1)7-4-9-19-15-14-13(8-10-18-14)16-11-17-15/h1-3,5-6,8,10-11H,9H2. The van der Waals surface area contributed by atoms with E-state index in [0.29, 0.717) is 11.5 Å². The molecule has 4 nitrogen and oxygen atoms in total. The van der Waals surface area contributed by atoms with Gasteiger partial charge >= 0.3 is 0 Å². The van der Waals surface area contributed by atoms with E-state index in [1.54, 1.807) is 12.3 Å². The van der Waals surface area contributed by atoms with Gasteiger partial charge in [0.15, 0.2) is 6.61 Å². The van der Waals surface area contributed by atoms with Crippen LogP contribution >= 0.6 is 0 Å². The Balaban J connectivity index is 1.70. The van der Waals surface area contributed by atoms with E-state index in [1.807, 2.05) is 30.3 Å². The van der Waals surface area contributed by atoms with Crippen LogP contribution in [0.15, 0.2) is 53.4 Å². The van der Waals surface area contributed by atoms with E-state index >= 15 is 0 Å². The van der Waals surface area contributed by atoms with Crippen LogP contribution < -0.4 is 4.74 Å². The monoisotopic (exact) mass is 250 g/mol. The summed E-state index contributed by atoms with van der Waals surface area (Å²) in [6.07, 6.45) is 3.00. The summed E-state index contributed by atoms with van der Waals surface area (Å²) in [5.74, 6) is 6.35. The summed E-state index contributed by atoms with van der Waals surface area (Å²) in [7, 11) is 0. The molecule has 0 aliphatic heterocycles. The minimum Gasteiger partial charge on any atom is -0.462 e. The average Bonchev–Trinajstić information content (AvgIpc) is 2.94. The molecule has 3 aromatic rings. The van der Waals surface area contributed by atoms with Crippen molar-refractivity contribution in [2.75, 3.05) is 6.61 Å². The van der Waals surface area contributed by atoms with E-state index in [0.717, 1.165) is 11.1 Å². The fourth-order valence-electron chi connectivity index (χ4n) is 1.63. The van der Waals surface area contributed by atoms with E-state index < -0.39 is 0 Å². The predicted molar refractivity (Wildman–Crippen MR) is 70.6 cm³/mol. The molecule has 0 amide bonds. The van der Waals surface area contributed by atoms with E-state index in [-0.39, 0.29) is 6.61 Å². The van der Waals surface area contributed by atoms with Crippen LogP contribution in [0.1, 0.15) is 5.56 Å². The van der Waals surface area contributed by atoms with Crippen molar-refractivity contribution in [3.63, 3.8) is 0 Å². The molecule has 0 radical (unpaired) electrons. The van der Waals surface area contributed by atoms with Gasteiger partial charge < -0.3 is 9.15 Å². The molecule has 0 atom stereocenters. The Labute approximate surface area is 110 Å². The average molecular weight is 250 g/mol. The molecule has 92 valence electrons. The molecule has 2 aromatic heterocycles. The summed E-state index contributed by atoms with van der Waals surface area (Å²) in [6, 6.07) is 11.5. The van der Waals surface area contributed by atoms with Gasteiger partial charge in [-0.2, -0.15) is 4.98 Å². The number of rotatable bonds is 2. The summed E-state index contributed by atoms with van der Waals surface area (Å²) in [5.41, 5.74) is 2.22. The molecule has 0 bridgehead atoms. The second-order valence-corrected chi connectivity index (χ2v) is 3.77. The van der Waals surface area contributed by atoms with Gasteiger partial charge in [-0.15, -0.1) is 0 Å². The molecule has 4 heteroatoms. The Hall–Kier alpha value is -2.80. The molecular formula is C15H10N2O2. The number of furan rings is 1. The first-order valence-corrected chi connectivity index (χ1v) is 5.78. The maximum atomic E-state index is 5.48. The molecule has 19 heavy (non-hydrogen) atoms. The minimum atomic E-state index is 0.252. The maximum Gasteiger partial charge on any atom is 0.262 e. The number of aromatic nitrogens is 2. The molecule has 0 unspecified atom stereocenters. The smallest absolute Gasteiger partial charge is 0.262 e. The van der Waals surface area contributed by atoms with E-state index in [4.69, 9.17) is 9.15 Å². The Bertz CT molecular complexity index is 739. The van der Waals surface area contributed by atoms with Crippen molar-refractivity contribution in [1.29, 1.82) is 0 Å². The lowest BCUT2D eigenvalue weighted by atomic mass is 10.2. The topological polar surface area (TPSA) is 48.2 Å². The molecule has 0 aliphatic carbocycles. The van der Waals surface area contributed by atoms with Crippen molar-refractivity contribution in [3.8, 4) is 17.7 Å². The zero-order chi connectivity index (χ0) is 12.9. The van der Waals surface area contributed by atoms with Gasteiger partial charge in [-0.1, -0.05) is 30.0 Å². The van der Waals surface area contributed by atoms with Gasteiger partial charge in [0.05, 0.1) is 6.26 Å². The Morgan fingerprint density at radius 1 is 1.11 bits per heavy atom. The van der Waals surface area contributed by atoms with Gasteiger partial charge in [0.25, 0.3) is 5.88 Å². The number of nitrogens with zero attached hydrogens (tertiary/aromatic N) is 2. The lowest BCUT2D eigenvalue weighted by molar-refractivity contribution is 0.352. The van der Waals surface area contributed by atoms with Crippen molar-refractivity contribution < 1.29 is 9.15 Å². The van der Waals surface area contributed by atoms with Gasteiger partial charge in [-0.05, 0) is 12.1 Å². The molecule has 0 spiro atoms. The molecule has 0 N–H and O–H groups in total. The Morgan fingerprint density at radius 3 is 2.89 bits per heavy atom. The fraction of sp³-hybridized carbons (Fsp3) is 0.0667. The normalized spacial score (nSPS) is 9.89. The third-order valence-corrected chi connectivity index (χ3v) is 2.50. The van der Waals surface area contributed by atoms with Gasteiger partial charge in [0, 0.05) is 11.6 Å². The summed E-state index contributed by atoms with van der Waals surface area (Å²) in [6.45, 7) is 0.252. The first kappa shape index (κ1) is 11.3. The van der Waals surface area contributed by atoms with Crippen LogP contribution in [0.4, 0.5) is 0 Å². The van der Waals surface area contributed by atoms with Crippen molar-refractivity contribution >= 4 is 11.1 Å². The highest BCUT2D eigenvalue weighted by atomic mass is 16.5. The fourth-order valence-corrected chi connectivity index (χ4v) is 1.63. The number of ether oxygens (including phenoxy) is 1. The van der Waals surface area contributed by atoms with Crippen molar-refractivity contribution in [2.24, 2.45) is 0 Å². The van der Waals surface area contributed by atoms with Crippen LogP contribution in [0.3, 0.4) is 0 Å². The SMILES string of the molecule is C(#Cc1ccccc1)COc1ncnc2ccoc12. The molecule has 0 fully saturated rings. The molecule has 2 heterocycles. The Morgan fingerprint density at radius 2 is 2.00 bits per heavy atom. The van der Waals surface area contributed by atoms with Crippen molar-refractivity contribution in [2.45, 2.75) is 0 Å². The third-order valence-electron chi connectivity index (χ3n) is 2.50. The molecule has 3 rings (SSSR count). The zero-order valence-electron chi connectivity index (χ0n) is 10.0. The van der Waals surface area contributed by atoms with Crippen LogP contribution in [0.2, 0.25) is 0 Å². The van der Waals surface area contributed by atoms with Crippen LogP contribution in [0, 0.1) is 11.8 Å². The second-order valence-electron chi connectivity index (χ2n) is 3.77. The number of hydrogen-bond acceptors (Lipinski definition) is 4. The van der Waals surface area contributed by atoms with Crippen LogP contribution in [-0.4, -0.2) is 16.6 Å². The molecule has 1 aromatic carbocycles. The first-order chi connectivity index (χ1) is 9.43. The highest BCUT2D eigenvalue weighted by Gasteiger charge is 2.06. The van der Waals surface area contributed by atoms with Gasteiger partial charge in [-0.3, -0.25) is 0 Å². The van der Waals surface area contributed by atoms with Crippen LogP contribution in [0.5, 0.6) is 5.88 Å². The number of hydrogen-bond donors (Lipinski definition) is 0. The number of benzene rings is 1. The third kappa shape index (κ3) is 2.55. The van der Waals surface area contributed by atoms with Crippen molar-refractivity contribution in [1.82, 2.24) is 9.97 Å². The number of fused-ring (bicyclic) bond motifs is 1. The lowest BCUT2D eigenvalue weighted by Crippen LogP contribution is -1.97. The van der Waals surface area contributed by atoms with Crippen LogP contribution in [-0.2, 0) is 0 Å². The lowest BCUT2D eigenvalue weighted by Gasteiger charge is -1.99. The van der Waals surface area contributed by atoms with E-state index in [9.17, 15) is 0 Å². The predicted octanol–water partition coefficient (Wildman–Crippen LogP) is 2.65. The largest absolute Gasteiger partial charge is 0.462 e. The highest BCUT2D eigenvalue weighted by molar-refractivity contribution is 5.76. The van der Waals surface area contributed by atoms with Gasteiger partial charge in [-0.25, -0.2) is 4.98 Å². The van der Waals surface area contributed by atoms with Crippen LogP contribution in [0.25, 0.3) is 11.1 Å². The summed E-state index contributed by atoms with van der Waals surface area (Å²) in [5, 5.41) is 0. The quantitative estimate of drug-likeness (QED) is 0.656. The minimum absolute atomic E-state index is 0.252. The maximum absolute atomic E-state index is 5.48. The van der Waals surface area contributed by atoms with Gasteiger partial charge in [0.2, 0.25) is 5.58 Å². The first-order valence-electron chi connectivity index (χ1n) is 5.78. The van der Waals surface area contributed by atoms with Crippen molar-refractivity contribution in [3.05, 3.63) is 54.6 Å². The highest BCUT2D eigenvalue weighted by Crippen LogP contribution is 2.21. The summed E-state index contributed by atoms with van der Waals surface area (Å²) in [4.78, 5) is 8.09. The van der Waals surface area contributed by atoms with E-state index in [2.05, 4.69) is 21.8 Å². The van der Waals surface area contributed by atoms with E-state index in [1.165, 1.54) is 6.33 Å². The Kier molecular flexibility index (Phi) is 3.11. The zero-order valence-corrected chi connectivity index (χ0v) is 10.0.